The van der Waals surface area contributed by atoms with Crippen LogP contribution in [0.4, 0.5) is 0 Å². The highest BCUT2D eigenvalue weighted by atomic mass is 79.9. The van der Waals surface area contributed by atoms with Crippen molar-refractivity contribution in [3.8, 4) is 5.88 Å². The van der Waals surface area contributed by atoms with E-state index in [-0.39, 0.29) is 17.4 Å². The van der Waals surface area contributed by atoms with Crippen molar-refractivity contribution in [3.63, 3.8) is 0 Å². The van der Waals surface area contributed by atoms with Crippen molar-refractivity contribution < 1.29 is 13.2 Å². The van der Waals surface area contributed by atoms with Gasteiger partial charge in [-0.05, 0) is 18.2 Å². The van der Waals surface area contributed by atoms with Crippen molar-refractivity contribution in [3.05, 3.63) is 52.6 Å². The SMILES string of the molecule is O=S(=O)(Cl)c1cccnc1OCc1ccccc1Br. The van der Waals surface area contributed by atoms with Gasteiger partial charge in [-0.15, -0.1) is 0 Å². The van der Waals surface area contributed by atoms with Gasteiger partial charge in [-0.3, -0.25) is 0 Å². The zero-order valence-corrected chi connectivity index (χ0v) is 12.7. The Kier molecular flexibility index (Phi) is 4.44. The molecule has 0 atom stereocenters. The molecule has 0 bridgehead atoms. The molecule has 0 saturated heterocycles. The number of benzene rings is 1. The topological polar surface area (TPSA) is 56.3 Å². The van der Waals surface area contributed by atoms with Crippen LogP contribution in [0.25, 0.3) is 0 Å². The predicted octanol–water partition coefficient (Wildman–Crippen LogP) is 3.35. The molecule has 0 N–H and O–H groups in total. The minimum absolute atomic E-state index is 0.00625. The van der Waals surface area contributed by atoms with Gasteiger partial charge in [-0.25, -0.2) is 13.4 Å². The van der Waals surface area contributed by atoms with E-state index in [1.807, 2.05) is 24.3 Å². The standard InChI is InChI=1S/C12H9BrClNO3S/c13-10-5-2-1-4-9(10)8-18-12-11(19(14,16)17)6-3-7-15-12/h1-7H,8H2. The average Bonchev–Trinajstić information content (AvgIpc) is 2.37. The van der Waals surface area contributed by atoms with Gasteiger partial charge < -0.3 is 4.74 Å². The lowest BCUT2D eigenvalue weighted by Gasteiger charge is -2.09. The van der Waals surface area contributed by atoms with Crippen molar-refractivity contribution >= 4 is 35.7 Å². The smallest absolute Gasteiger partial charge is 0.266 e. The van der Waals surface area contributed by atoms with Crippen LogP contribution in [-0.2, 0) is 15.7 Å². The van der Waals surface area contributed by atoms with Gasteiger partial charge in [0.1, 0.15) is 11.5 Å². The zero-order valence-electron chi connectivity index (χ0n) is 9.58. The summed E-state index contributed by atoms with van der Waals surface area (Å²) in [7, 11) is 1.44. The van der Waals surface area contributed by atoms with Crippen LogP contribution >= 0.6 is 26.6 Å². The molecule has 100 valence electrons. The highest BCUT2D eigenvalue weighted by Crippen LogP contribution is 2.25. The Morgan fingerprint density at radius 3 is 2.63 bits per heavy atom. The van der Waals surface area contributed by atoms with E-state index >= 15 is 0 Å². The first-order valence-corrected chi connectivity index (χ1v) is 8.34. The third kappa shape index (κ3) is 3.68. The van der Waals surface area contributed by atoms with Gasteiger partial charge in [0.05, 0.1) is 0 Å². The van der Waals surface area contributed by atoms with Crippen molar-refractivity contribution in [2.45, 2.75) is 11.5 Å². The second-order valence-corrected chi connectivity index (χ2v) is 7.01. The van der Waals surface area contributed by atoms with E-state index in [4.69, 9.17) is 15.4 Å². The first-order valence-electron chi connectivity index (χ1n) is 5.24. The maximum absolute atomic E-state index is 11.4. The van der Waals surface area contributed by atoms with Crippen molar-refractivity contribution in [1.82, 2.24) is 4.98 Å². The first kappa shape index (κ1) is 14.3. The first-order chi connectivity index (χ1) is 8.98. The molecule has 0 fully saturated rings. The van der Waals surface area contributed by atoms with Crippen molar-refractivity contribution in [2.75, 3.05) is 0 Å². The van der Waals surface area contributed by atoms with Gasteiger partial charge in [0, 0.05) is 26.9 Å². The summed E-state index contributed by atoms with van der Waals surface area (Å²) >= 11 is 3.38. The van der Waals surface area contributed by atoms with Crippen LogP contribution in [0.3, 0.4) is 0 Å². The molecule has 7 heteroatoms. The average molecular weight is 363 g/mol. The summed E-state index contributed by atoms with van der Waals surface area (Å²) in [5.41, 5.74) is 0.881. The molecule has 0 aliphatic rings. The quantitative estimate of drug-likeness (QED) is 0.783. The summed E-state index contributed by atoms with van der Waals surface area (Å²) in [5.74, 6) is -0.00625. The molecule has 0 unspecified atom stereocenters. The number of rotatable bonds is 4. The third-order valence-electron chi connectivity index (χ3n) is 2.32. The van der Waals surface area contributed by atoms with Gasteiger partial charge in [0.2, 0.25) is 5.88 Å². The Morgan fingerprint density at radius 2 is 1.95 bits per heavy atom. The number of aromatic nitrogens is 1. The lowest BCUT2D eigenvalue weighted by molar-refractivity contribution is 0.284. The second kappa shape index (κ2) is 5.90. The van der Waals surface area contributed by atoms with Gasteiger partial charge in [0.25, 0.3) is 9.05 Å². The fourth-order valence-corrected chi connectivity index (χ4v) is 2.74. The van der Waals surface area contributed by atoms with Gasteiger partial charge >= 0.3 is 0 Å². The number of halogens is 2. The van der Waals surface area contributed by atoms with E-state index in [9.17, 15) is 8.42 Å². The van der Waals surface area contributed by atoms with Crippen LogP contribution in [0.2, 0.25) is 0 Å². The Bertz CT molecular complexity index is 691. The molecule has 0 spiro atoms. The number of hydrogen-bond acceptors (Lipinski definition) is 4. The minimum atomic E-state index is -3.87. The molecule has 0 aliphatic carbocycles. The van der Waals surface area contributed by atoms with Crippen LogP contribution in [0.5, 0.6) is 5.88 Å². The molecular formula is C12H9BrClNO3S. The van der Waals surface area contributed by atoms with E-state index < -0.39 is 9.05 Å². The second-order valence-electron chi connectivity index (χ2n) is 3.62. The van der Waals surface area contributed by atoms with Crippen LogP contribution < -0.4 is 4.74 Å². The molecule has 0 amide bonds. The molecule has 0 saturated carbocycles. The number of pyridine rings is 1. The largest absolute Gasteiger partial charge is 0.472 e. The molecule has 1 aromatic carbocycles. The molecule has 1 heterocycles. The van der Waals surface area contributed by atoms with Crippen LogP contribution in [-0.4, -0.2) is 13.4 Å². The van der Waals surface area contributed by atoms with Gasteiger partial charge in [0.15, 0.2) is 0 Å². The van der Waals surface area contributed by atoms with Gasteiger partial charge in [-0.1, -0.05) is 34.1 Å². The lowest BCUT2D eigenvalue weighted by Crippen LogP contribution is -2.02. The molecule has 2 aromatic rings. The third-order valence-corrected chi connectivity index (χ3v) is 4.43. The number of ether oxygens (including phenoxy) is 1. The summed E-state index contributed by atoms with van der Waals surface area (Å²) in [4.78, 5) is 3.75. The molecular weight excluding hydrogens is 354 g/mol. The van der Waals surface area contributed by atoms with Crippen LogP contribution in [0, 0.1) is 0 Å². The maximum atomic E-state index is 11.4. The van der Waals surface area contributed by atoms with Crippen LogP contribution in [0.15, 0.2) is 52.0 Å². The number of hydrogen-bond donors (Lipinski definition) is 0. The molecule has 19 heavy (non-hydrogen) atoms. The Balaban J connectivity index is 2.24. The lowest BCUT2D eigenvalue weighted by atomic mass is 10.2. The minimum Gasteiger partial charge on any atom is -0.472 e. The summed E-state index contributed by atoms with van der Waals surface area (Å²) < 4.78 is 29.0. The molecule has 0 aliphatic heterocycles. The van der Waals surface area contributed by atoms with Gasteiger partial charge in [-0.2, -0.15) is 0 Å². The Labute approximate surface area is 123 Å². The fraction of sp³-hybridized carbons (Fsp3) is 0.0833. The molecule has 1 aromatic heterocycles. The Morgan fingerprint density at radius 1 is 1.21 bits per heavy atom. The number of nitrogens with zero attached hydrogens (tertiary/aromatic N) is 1. The summed E-state index contributed by atoms with van der Waals surface area (Å²) in [6.07, 6.45) is 1.45. The van der Waals surface area contributed by atoms with Crippen LogP contribution in [0.1, 0.15) is 5.56 Å². The normalized spacial score (nSPS) is 11.3. The summed E-state index contributed by atoms with van der Waals surface area (Å²) in [6, 6.07) is 10.3. The van der Waals surface area contributed by atoms with E-state index in [0.29, 0.717) is 0 Å². The monoisotopic (exact) mass is 361 g/mol. The van der Waals surface area contributed by atoms with E-state index in [1.165, 1.54) is 18.3 Å². The highest BCUT2D eigenvalue weighted by molar-refractivity contribution is 9.10. The zero-order chi connectivity index (χ0) is 13.9. The summed E-state index contributed by atoms with van der Waals surface area (Å²) in [6.45, 7) is 0.192. The molecule has 2 rings (SSSR count). The van der Waals surface area contributed by atoms with E-state index in [0.717, 1.165) is 10.0 Å². The Hall–Kier alpha value is -1.11. The predicted molar refractivity (Wildman–Crippen MR) is 75.7 cm³/mol. The maximum Gasteiger partial charge on any atom is 0.266 e. The van der Waals surface area contributed by atoms with E-state index in [1.54, 1.807) is 0 Å². The van der Waals surface area contributed by atoms with Crippen molar-refractivity contribution in [1.29, 1.82) is 0 Å². The summed E-state index contributed by atoms with van der Waals surface area (Å²) in [5, 5.41) is 0. The fourth-order valence-electron chi connectivity index (χ4n) is 1.43. The van der Waals surface area contributed by atoms with Crippen molar-refractivity contribution in [2.24, 2.45) is 0 Å². The van der Waals surface area contributed by atoms with E-state index in [2.05, 4.69) is 20.9 Å². The highest BCUT2D eigenvalue weighted by Gasteiger charge is 2.17. The molecule has 4 nitrogen and oxygen atoms in total. The molecule has 0 radical (unpaired) electrons.